The Hall–Kier alpha value is -1.75. The van der Waals surface area contributed by atoms with Gasteiger partial charge in [0.2, 0.25) is 5.91 Å². The lowest BCUT2D eigenvalue weighted by molar-refractivity contribution is -0.114. The fourth-order valence-corrected chi connectivity index (χ4v) is 2.14. The van der Waals surface area contributed by atoms with Crippen molar-refractivity contribution < 1.29 is 4.79 Å². The number of rotatable bonds is 9. The van der Waals surface area contributed by atoms with E-state index in [9.17, 15) is 4.79 Å². The van der Waals surface area contributed by atoms with Gasteiger partial charge in [0.15, 0.2) is 5.96 Å². The molecule has 0 bridgehead atoms. The predicted octanol–water partition coefficient (Wildman–Crippen LogP) is 3.36. The number of unbranched alkanes of at least 4 members (excludes halogenated alkanes) is 3. The van der Waals surface area contributed by atoms with Crippen LogP contribution in [0.5, 0.6) is 0 Å². The summed E-state index contributed by atoms with van der Waals surface area (Å²) < 4.78 is 0. The third-order valence-corrected chi connectivity index (χ3v) is 3.36. The molecule has 1 aromatic rings. The molecule has 0 heterocycles. The molecule has 0 fully saturated rings. The Bertz CT molecular complexity index is 581. The second-order valence-electron chi connectivity index (χ2n) is 5.46. The monoisotopic (exact) mass is 456 g/mol. The molecule has 0 spiro atoms. The van der Waals surface area contributed by atoms with Crippen LogP contribution < -0.4 is 16.0 Å². The molecule has 25 heavy (non-hydrogen) atoms. The van der Waals surface area contributed by atoms with Crippen molar-refractivity contribution in [1.82, 2.24) is 10.6 Å². The number of nitrogens with zero attached hydrogens (tertiary/aromatic N) is 1. The number of benzene rings is 1. The Labute approximate surface area is 168 Å². The van der Waals surface area contributed by atoms with E-state index in [1.54, 1.807) is 12.1 Å². The molecule has 0 aromatic heterocycles. The first-order chi connectivity index (χ1) is 11.7. The second-order valence-corrected chi connectivity index (χ2v) is 5.46. The molecule has 138 valence electrons. The first kappa shape index (κ1) is 23.2. The Morgan fingerprint density at radius 2 is 2.00 bits per heavy atom. The van der Waals surface area contributed by atoms with Crippen molar-refractivity contribution >= 4 is 41.5 Å². The number of guanidine groups is 1. The van der Waals surface area contributed by atoms with E-state index in [4.69, 9.17) is 6.42 Å². The number of halogens is 1. The molecule has 0 saturated carbocycles. The van der Waals surface area contributed by atoms with Crippen LogP contribution in [0.15, 0.2) is 29.3 Å². The second kappa shape index (κ2) is 14.6. The smallest absolute Gasteiger partial charge is 0.246 e. The Morgan fingerprint density at radius 1 is 1.20 bits per heavy atom. The molecule has 0 aliphatic heterocycles. The zero-order valence-electron chi connectivity index (χ0n) is 15.1. The molecule has 0 unspecified atom stereocenters. The molecule has 0 radical (unpaired) electrons. The Kier molecular flexibility index (Phi) is 13.6. The van der Waals surface area contributed by atoms with Crippen LogP contribution >= 0.6 is 24.0 Å². The van der Waals surface area contributed by atoms with Gasteiger partial charge in [0, 0.05) is 24.3 Å². The summed E-state index contributed by atoms with van der Waals surface area (Å²) in [5.74, 6) is 3.04. The zero-order chi connectivity index (χ0) is 17.6. The van der Waals surface area contributed by atoms with Crippen molar-refractivity contribution in [3.63, 3.8) is 0 Å². The Balaban J connectivity index is 0.00000576. The SMILES string of the molecule is C#Cc1cccc(NC(=O)CN=C(NCC)NCCCCCC)c1.I. The molecule has 0 aliphatic carbocycles. The fourth-order valence-electron chi connectivity index (χ4n) is 2.14. The highest BCUT2D eigenvalue weighted by Gasteiger charge is 2.03. The number of amides is 1. The van der Waals surface area contributed by atoms with Gasteiger partial charge in [-0.1, -0.05) is 38.2 Å². The van der Waals surface area contributed by atoms with Gasteiger partial charge in [-0.3, -0.25) is 4.79 Å². The maximum absolute atomic E-state index is 12.0. The summed E-state index contributed by atoms with van der Waals surface area (Å²) in [5.41, 5.74) is 1.42. The molecule has 5 nitrogen and oxygen atoms in total. The van der Waals surface area contributed by atoms with E-state index in [-0.39, 0.29) is 36.4 Å². The van der Waals surface area contributed by atoms with Crippen LogP contribution in [-0.4, -0.2) is 31.5 Å². The van der Waals surface area contributed by atoms with Crippen molar-refractivity contribution in [2.24, 2.45) is 4.99 Å². The predicted molar refractivity (Wildman–Crippen MR) is 117 cm³/mol. The minimum atomic E-state index is -0.174. The van der Waals surface area contributed by atoms with Gasteiger partial charge in [-0.15, -0.1) is 30.4 Å². The van der Waals surface area contributed by atoms with Crippen LogP contribution in [0.3, 0.4) is 0 Å². The van der Waals surface area contributed by atoms with E-state index in [0.717, 1.165) is 25.1 Å². The minimum Gasteiger partial charge on any atom is -0.357 e. The van der Waals surface area contributed by atoms with E-state index < -0.39 is 0 Å². The van der Waals surface area contributed by atoms with Gasteiger partial charge in [-0.25, -0.2) is 4.99 Å². The van der Waals surface area contributed by atoms with Gasteiger partial charge in [-0.2, -0.15) is 0 Å². The number of nitrogens with one attached hydrogen (secondary N) is 3. The normalized spacial score (nSPS) is 10.4. The van der Waals surface area contributed by atoms with Crippen LogP contribution in [0.1, 0.15) is 45.1 Å². The molecule has 3 N–H and O–H groups in total. The lowest BCUT2D eigenvalue weighted by Crippen LogP contribution is -2.38. The van der Waals surface area contributed by atoms with E-state index in [1.165, 1.54) is 19.3 Å². The van der Waals surface area contributed by atoms with Crippen LogP contribution in [0.2, 0.25) is 0 Å². The number of carbonyl (C=O) groups is 1. The first-order valence-corrected chi connectivity index (χ1v) is 8.58. The van der Waals surface area contributed by atoms with Gasteiger partial charge in [0.25, 0.3) is 0 Å². The maximum atomic E-state index is 12.0. The highest BCUT2D eigenvalue weighted by molar-refractivity contribution is 14.0. The molecule has 1 rings (SSSR count). The van der Waals surface area contributed by atoms with Crippen molar-refractivity contribution in [3.05, 3.63) is 29.8 Å². The zero-order valence-corrected chi connectivity index (χ0v) is 17.4. The molecule has 0 aliphatic rings. The number of carbonyl (C=O) groups excluding carboxylic acids is 1. The first-order valence-electron chi connectivity index (χ1n) is 8.58. The van der Waals surface area contributed by atoms with Crippen molar-refractivity contribution in [3.8, 4) is 12.3 Å². The number of hydrogen-bond acceptors (Lipinski definition) is 2. The largest absolute Gasteiger partial charge is 0.357 e. The molecular weight excluding hydrogens is 427 g/mol. The number of anilines is 1. The lowest BCUT2D eigenvalue weighted by atomic mass is 10.2. The quantitative estimate of drug-likeness (QED) is 0.176. The Morgan fingerprint density at radius 3 is 2.68 bits per heavy atom. The van der Waals surface area contributed by atoms with Crippen molar-refractivity contribution in [2.45, 2.75) is 39.5 Å². The molecule has 1 amide bonds. The van der Waals surface area contributed by atoms with Gasteiger partial charge in [0.1, 0.15) is 6.54 Å². The number of terminal acetylenes is 1. The topological polar surface area (TPSA) is 65.5 Å². The number of hydrogen-bond donors (Lipinski definition) is 3. The van der Waals surface area contributed by atoms with E-state index in [1.807, 2.05) is 19.1 Å². The van der Waals surface area contributed by atoms with Crippen LogP contribution in [0, 0.1) is 12.3 Å². The third kappa shape index (κ3) is 10.7. The van der Waals surface area contributed by atoms with Crippen LogP contribution in [0.4, 0.5) is 5.69 Å². The van der Waals surface area contributed by atoms with E-state index >= 15 is 0 Å². The maximum Gasteiger partial charge on any atom is 0.246 e. The molecule has 6 heteroatoms. The third-order valence-electron chi connectivity index (χ3n) is 3.36. The molecule has 0 atom stereocenters. The van der Waals surface area contributed by atoms with E-state index in [2.05, 4.69) is 33.8 Å². The lowest BCUT2D eigenvalue weighted by Gasteiger charge is -2.11. The van der Waals surface area contributed by atoms with Crippen LogP contribution in [0.25, 0.3) is 0 Å². The average molecular weight is 456 g/mol. The number of aliphatic imine (C=N–C) groups is 1. The van der Waals surface area contributed by atoms with Crippen molar-refractivity contribution in [1.29, 1.82) is 0 Å². The summed E-state index contributed by atoms with van der Waals surface area (Å²) in [4.78, 5) is 16.3. The molecular formula is C19H29IN4O. The van der Waals surface area contributed by atoms with Crippen molar-refractivity contribution in [2.75, 3.05) is 25.0 Å². The highest BCUT2D eigenvalue weighted by atomic mass is 127. The molecule has 0 saturated heterocycles. The summed E-state index contributed by atoms with van der Waals surface area (Å²) in [5, 5.41) is 9.19. The minimum absolute atomic E-state index is 0. The van der Waals surface area contributed by atoms with Gasteiger partial charge in [-0.05, 0) is 31.5 Å². The summed E-state index contributed by atoms with van der Waals surface area (Å²) in [6, 6.07) is 7.20. The summed E-state index contributed by atoms with van der Waals surface area (Å²) in [6.07, 6.45) is 10.1. The summed E-state index contributed by atoms with van der Waals surface area (Å²) in [6.45, 7) is 5.87. The standard InChI is InChI=1S/C19H28N4O.HI/c1-4-7-8-9-13-21-19(20-6-3)22-15-18(24)23-17-12-10-11-16(5-2)14-17;/h2,10-12,14H,4,6-9,13,15H2,1,3H3,(H,23,24)(H2,20,21,22);1H. The summed E-state index contributed by atoms with van der Waals surface area (Å²) >= 11 is 0. The highest BCUT2D eigenvalue weighted by Crippen LogP contribution is 2.09. The van der Waals surface area contributed by atoms with E-state index in [0.29, 0.717) is 11.6 Å². The van der Waals surface area contributed by atoms with Gasteiger partial charge >= 0.3 is 0 Å². The summed E-state index contributed by atoms with van der Waals surface area (Å²) in [7, 11) is 0. The van der Waals surface area contributed by atoms with Gasteiger partial charge < -0.3 is 16.0 Å². The fraction of sp³-hybridized carbons (Fsp3) is 0.474. The van der Waals surface area contributed by atoms with Crippen LogP contribution in [-0.2, 0) is 4.79 Å². The average Bonchev–Trinajstić information content (AvgIpc) is 2.59. The van der Waals surface area contributed by atoms with Gasteiger partial charge in [0.05, 0.1) is 0 Å². The molecule has 1 aromatic carbocycles.